The normalized spacial score (nSPS) is 12.3. The molecule has 0 aliphatic carbocycles. The molecule has 0 aliphatic rings. The van der Waals surface area contributed by atoms with Gasteiger partial charge in [-0.25, -0.2) is 0 Å². The van der Waals surface area contributed by atoms with Crippen LogP contribution >= 0.6 is 22.6 Å². The van der Waals surface area contributed by atoms with Gasteiger partial charge in [0.1, 0.15) is 0 Å². The Hall–Kier alpha value is -0.870. The van der Waals surface area contributed by atoms with Gasteiger partial charge in [0.05, 0.1) is 0 Å². The van der Waals surface area contributed by atoms with Crippen LogP contribution in [0.5, 0.6) is 0 Å². The van der Waals surface area contributed by atoms with Gasteiger partial charge in [-0.3, -0.25) is 0 Å². The summed E-state index contributed by atoms with van der Waals surface area (Å²) in [6, 6.07) is 19.9. The summed E-state index contributed by atoms with van der Waals surface area (Å²) in [7, 11) is 0. The summed E-state index contributed by atoms with van der Waals surface area (Å²) < 4.78 is 1.29. The van der Waals surface area contributed by atoms with Crippen LogP contribution in [0, 0.1) is 3.57 Å². The predicted molar refractivity (Wildman–Crippen MR) is 90.3 cm³/mol. The van der Waals surface area contributed by atoms with Gasteiger partial charge in [0.15, 0.2) is 0 Å². The fraction of sp³-hybridized carbons (Fsp3) is 0.294. The van der Waals surface area contributed by atoms with E-state index in [4.69, 9.17) is 0 Å². The van der Waals surface area contributed by atoms with Crippen LogP contribution in [-0.2, 0) is 6.42 Å². The highest BCUT2D eigenvalue weighted by Gasteiger charge is 2.11. The zero-order valence-corrected chi connectivity index (χ0v) is 13.4. The fourth-order valence-electron chi connectivity index (χ4n) is 2.17. The molecular weight excluding hydrogens is 345 g/mol. The third-order valence-electron chi connectivity index (χ3n) is 3.20. The van der Waals surface area contributed by atoms with Crippen molar-refractivity contribution in [2.45, 2.75) is 25.8 Å². The van der Waals surface area contributed by atoms with Crippen molar-refractivity contribution in [3.05, 3.63) is 69.3 Å². The lowest BCUT2D eigenvalue weighted by molar-refractivity contribution is 0.529. The van der Waals surface area contributed by atoms with Crippen LogP contribution in [0.1, 0.15) is 30.5 Å². The Morgan fingerprint density at radius 1 is 1.00 bits per heavy atom. The van der Waals surface area contributed by atoms with Gasteiger partial charge in [0.2, 0.25) is 0 Å². The first-order valence-electron chi connectivity index (χ1n) is 6.82. The van der Waals surface area contributed by atoms with E-state index >= 15 is 0 Å². The third-order valence-corrected chi connectivity index (χ3v) is 3.91. The quantitative estimate of drug-likeness (QED) is 0.740. The second-order valence-corrected chi connectivity index (χ2v) is 5.99. The van der Waals surface area contributed by atoms with E-state index in [1.54, 1.807) is 0 Å². The highest BCUT2D eigenvalue weighted by Crippen LogP contribution is 2.19. The molecule has 0 bridgehead atoms. The van der Waals surface area contributed by atoms with E-state index in [-0.39, 0.29) is 0 Å². The smallest absolute Gasteiger partial charge is 0.0360 e. The third kappa shape index (κ3) is 4.62. The van der Waals surface area contributed by atoms with Gasteiger partial charge < -0.3 is 5.32 Å². The molecule has 0 heterocycles. The van der Waals surface area contributed by atoms with Crippen molar-refractivity contribution in [3.8, 4) is 0 Å². The molecule has 2 heteroatoms. The van der Waals surface area contributed by atoms with Crippen molar-refractivity contribution in [3.63, 3.8) is 0 Å². The SMILES string of the molecule is CCCNC(Cc1ccccc1)c1ccc(I)cc1. The summed E-state index contributed by atoms with van der Waals surface area (Å²) in [6.07, 6.45) is 2.21. The van der Waals surface area contributed by atoms with Gasteiger partial charge >= 0.3 is 0 Å². The molecule has 2 aromatic rings. The Balaban J connectivity index is 2.13. The summed E-state index contributed by atoms with van der Waals surface area (Å²) in [6.45, 7) is 3.27. The summed E-state index contributed by atoms with van der Waals surface area (Å²) >= 11 is 2.35. The lowest BCUT2D eigenvalue weighted by Crippen LogP contribution is -2.24. The second kappa shape index (κ2) is 7.65. The summed E-state index contributed by atoms with van der Waals surface area (Å²) in [4.78, 5) is 0. The molecule has 100 valence electrons. The molecule has 2 aromatic carbocycles. The van der Waals surface area contributed by atoms with E-state index in [9.17, 15) is 0 Å². The van der Waals surface area contributed by atoms with E-state index in [0.29, 0.717) is 6.04 Å². The molecule has 1 atom stereocenters. The van der Waals surface area contributed by atoms with Crippen molar-refractivity contribution in [1.29, 1.82) is 0 Å². The first-order chi connectivity index (χ1) is 9.29. The van der Waals surface area contributed by atoms with Crippen LogP contribution in [0.2, 0.25) is 0 Å². The largest absolute Gasteiger partial charge is 0.310 e. The molecule has 0 radical (unpaired) electrons. The lowest BCUT2D eigenvalue weighted by atomic mass is 9.99. The molecule has 1 unspecified atom stereocenters. The number of hydrogen-bond donors (Lipinski definition) is 1. The van der Waals surface area contributed by atoms with Gasteiger partial charge in [-0.15, -0.1) is 0 Å². The summed E-state index contributed by atoms with van der Waals surface area (Å²) in [5.74, 6) is 0. The zero-order chi connectivity index (χ0) is 13.5. The van der Waals surface area contributed by atoms with E-state index in [0.717, 1.165) is 19.4 Å². The van der Waals surface area contributed by atoms with Crippen LogP contribution in [0.3, 0.4) is 0 Å². The molecule has 1 nitrogen and oxygen atoms in total. The summed E-state index contributed by atoms with van der Waals surface area (Å²) in [5, 5.41) is 3.65. The minimum absolute atomic E-state index is 0.402. The van der Waals surface area contributed by atoms with Gasteiger partial charge in [-0.1, -0.05) is 49.4 Å². The second-order valence-electron chi connectivity index (χ2n) is 4.75. The van der Waals surface area contributed by atoms with E-state index in [2.05, 4.69) is 89.4 Å². The van der Waals surface area contributed by atoms with Gasteiger partial charge in [-0.2, -0.15) is 0 Å². The van der Waals surface area contributed by atoms with Crippen molar-refractivity contribution in [2.75, 3.05) is 6.54 Å². The Morgan fingerprint density at radius 3 is 2.32 bits per heavy atom. The van der Waals surface area contributed by atoms with Crippen molar-refractivity contribution in [1.82, 2.24) is 5.32 Å². The molecule has 0 aromatic heterocycles. The minimum atomic E-state index is 0.402. The number of rotatable bonds is 6. The Labute approximate surface area is 129 Å². The topological polar surface area (TPSA) is 12.0 Å². The zero-order valence-electron chi connectivity index (χ0n) is 11.3. The van der Waals surface area contributed by atoms with Crippen molar-refractivity contribution < 1.29 is 0 Å². The number of benzene rings is 2. The van der Waals surface area contributed by atoms with Gasteiger partial charge in [0, 0.05) is 9.61 Å². The maximum atomic E-state index is 3.65. The monoisotopic (exact) mass is 365 g/mol. The van der Waals surface area contributed by atoms with Gasteiger partial charge in [0.25, 0.3) is 0 Å². The van der Waals surface area contributed by atoms with Crippen molar-refractivity contribution >= 4 is 22.6 Å². The van der Waals surface area contributed by atoms with E-state index in [1.165, 1.54) is 14.7 Å². The van der Waals surface area contributed by atoms with E-state index < -0.39 is 0 Å². The molecule has 0 saturated carbocycles. The maximum absolute atomic E-state index is 3.65. The molecule has 0 spiro atoms. The standard InChI is InChI=1S/C17H20IN/c1-2-12-19-17(13-14-6-4-3-5-7-14)15-8-10-16(18)11-9-15/h3-11,17,19H,2,12-13H2,1H3. The van der Waals surface area contributed by atoms with Crippen LogP contribution in [0.4, 0.5) is 0 Å². The maximum Gasteiger partial charge on any atom is 0.0360 e. The van der Waals surface area contributed by atoms with Crippen LogP contribution in [-0.4, -0.2) is 6.54 Å². The molecule has 19 heavy (non-hydrogen) atoms. The molecule has 0 saturated heterocycles. The highest BCUT2D eigenvalue weighted by molar-refractivity contribution is 14.1. The lowest BCUT2D eigenvalue weighted by Gasteiger charge is -2.19. The summed E-state index contributed by atoms with van der Waals surface area (Å²) in [5.41, 5.74) is 2.76. The first kappa shape index (κ1) is 14.5. The first-order valence-corrected chi connectivity index (χ1v) is 7.90. The average molecular weight is 365 g/mol. The molecule has 2 rings (SSSR count). The highest BCUT2D eigenvalue weighted by atomic mass is 127. The number of halogens is 1. The average Bonchev–Trinajstić information content (AvgIpc) is 2.45. The van der Waals surface area contributed by atoms with Gasteiger partial charge in [-0.05, 0) is 65.2 Å². The number of hydrogen-bond acceptors (Lipinski definition) is 1. The van der Waals surface area contributed by atoms with Crippen LogP contribution in [0.25, 0.3) is 0 Å². The molecular formula is C17H20IN. The molecule has 0 fully saturated rings. The Bertz CT molecular complexity index is 478. The van der Waals surface area contributed by atoms with Crippen LogP contribution in [0.15, 0.2) is 54.6 Å². The molecule has 0 aliphatic heterocycles. The fourth-order valence-corrected chi connectivity index (χ4v) is 2.53. The predicted octanol–water partition coefficient (Wildman–Crippen LogP) is 4.57. The van der Waals surface area contributed by atoms with E-state index in [1.807, 2.05) is 0 Å². The molecule has 1 N–H and O–H groups in total. The van der Waals surface area contributed by atoms with Crippen LogP contribution < -0.4 is 5.32 Å². The Morgan fingerprint density at radius 2 is 1.68 bits per heavy atom. The Kier molecular flexibility index (Phi) is 5.86. The number of nitrogens with one attached hydrogen (secondary N) is 1. The minimum Gasteiger partial charge on any atom is -0.310 e. The molecule has 0 amide bonds. The van der Waals surface area contributed by atoms with Crippen molar-refractivity contribution in [2.24, 2.45) is 0 Å².